The molecular weight excluding hydrogens is 263 g/mol. The molecule has 0 N–H and O–H groups in total. The standard InChI is InChI=1S/C15H17FO2S/c16-12-3-1-10(2-4-12)7-15(17)11-8-13-5-6-14(9-11)19(13)18/h1-4,11,13-14H,5-9H2. The zero-order chi connectivity index (χ0) is 13.4. The number of carbonyl (C=O) groups is 1. The van der Waals surface area contributed by atoms with Crippen LogP contribution in [-0.2, 0) is 22.0 Å². The van der Waals surface area contributed by atoms with Crippen molar-refractivity contribution < 1.29 is 13.4 Å². The molecule has 2 atom stereocenters. The van der Waals surface area contributed by atoms with Crippen LogP contribution in [0.25, 0.3) is 0 Å². The molecule has 0 spiro atoms. The van der Waals surface area contributed by atoms with Crippen molar-refractivity contribution in [1.82, 2.24) is 0 Å². The fraction of sp³-hybridized carbons (Fsp3) is 0.533. The van der Waals surface area contributed by atoms with Crippen LogP contribution in [0.1, 0.15) is 31.2 Å². The van der Waals surface area contributed by atoms with Gasteiger partial charge in [0.2, 0.25) is 0 Å². The van der Waals surface area contributed by atoms with E-state index in [9.17, 15) is 13.4 Å². The predicted molar refractivity (Wildman–Crippen MR) is 72.8 cm³/mol. The van der Waals surface area contributed by atoms with Crippen molar-refractivity contribution in [1.29, 1.82) is 0 Å². The summed E-state index contributed by atoms with van der Waals surface area (Å²) in [6, 6.07) is 6.12. The Morgan fingerprint density at radius 2 is 1.74 bits per heavy atom. The molecular formula is C15H17FO2S. The van der Waals surface area contributed by atoms with E-state index < -0.39 is 10.8 Å². The first-order valence-electron chi connectivity index (χ1n) is 6.80. The Bertz CT molecular complexity index is 495. The normalized spacial score (nSPS) is 33.3. The van der Waals surface area contributed by atoms with Crippen molar-refractivity contribution >= 4 is 16.6 Å². The largest absolute Gasteiger partial charge is 0.299 e. The van der Waals surface area contributed by atoms with E-state index in [1.54, 1.807) is 12.1 Å². The Balaban J connectivity index is 1.65. The molecule has 0 aliphatic carbocycles. The lowest BCUT2D eigenvalue weighted by molar-refractivity contribution is -0.122. The SMILES string of the molecule is O=C(Cc1ccc(F)cc1)C1CC2CCC(C1)S2=O. The third-order valence-electron chi connectivity index (χ3n) is 4.31. The molecule has 19 heavy (non-hydrogen) atoms. The summed E-state index contributed by atoms with van der Waals surface area (Å²) in [6.45, 7) is 0. The zero-order valence-electron chi connectivity index (χ0n) is 10.7. The molecule has 2 bridgehead atoms. The number of Topliss-reactive ketones (excluding diaryl/α,β-unsaturated/α-hetero) is 1. The first-order valence-corrected chi connectivity index (χ1v) is 8.07. The van der Waals surface area contributed by atoms with Crippen LogP contribution in [0.3, 0.4) is 0 Å². The van der Waals surface area contributed by atoms with Gasteiger partial charge in [-0.15, -0.1) is 0 Å². The van der Waals surface area contributed by atoms with Gasteiger partial charge in [0.25, 0.3) is 0 Å². The van der Waals surface area contributed by atoms with E-state index in [0.29, 0.717) is 6.42 Å². The summed E-state index contributed by atoms with van der Waals surface area (Å²) >= 11 is 0. The van der Waals surface area contributed by atoms with Crippen LogP contribution in [0.5, 0.6) is 0 Å². The molecule has 2 aliphatic heterocycles. The van der Waals surface area contributed by atoms with Gasteiger partial charge < -0.3 is 0 Å². The van der Waals surface area contributed by atoms with Crippen LogP contribution in [0, 0.1) is 11.7 Å². The van der Waals surface area contributed by atoms with E-state index in [-0.39, 0.29) is 28.0 Å². The third-order valence-corrected chi connectivity index (χ3v) is 6.48. The molecule has 2 aliphatic rings. The Kier molecular flexibility index (Phi) is 3.52. The number of halogens is 1. The van der Waals surface area contributed by atoms with Gasteiger partial charge in [-0.1, -0.05) is 12.1 Å². The highest BCUT2D eigenvalue weighted by atomic mass is 32.2. The van der Waals surface area contributed by atoms with E-state index in [1.165, 1.54) is 12.1 Å². The lowest BCUT2D eigenvalue weighted by atomic mass is 9.91. The van der Waals surface area contributed by atoms with Crippen LogP contribution >= 0.6 is 0 Å². The van der Waals surface area contributed by atoms with Crippen LogP contribution in [0.2, 0.25) is 0 Å². The summed E-state index contributed by atoms with van der Waals surface area (Å²) in [5.74, 6) is 0.00256. The maximum atomic E-state index is 12.8. The van der Waals surface area contributed by atoms with Crippen LogP contribution in [0.15, 0.2) is 24.3 Å². The van der Waals surface area contributed by atoms with Crippen LogP contribution in [0.4, 0.5) is 4.39 Å². The number of rotatable bonds is 3. The minimum atomic E-state index is -0.707. The minimum Gasteiger partial charge on any atom is -0.299 e. The van der Waals surface area contributed by atoms with Gasteiger partial charge in [0, 0.05) is 33.6 Å². The highest BCUT2D eigenvalue weighted by molar-refractivity contribution is 7.86. The van der Waals surface area contributed by atoms with Crippen molar-refractivity contribution in [3.8, 4) is 0 Å². The molecule has 0 aromatic heterocycles. The first-order chi connectivity index (χ1) is 9.13. The van der Waals surface area contributed by atoms with Gasteiger partial charge in [-0.25, -0.2) is 4.39 Å². The second kappa shape index (κ2) is 5.16. The molecule has 2 heterocycles. The molecule has 1 aromatic rings. The van der Waals surface area contributed by atoms with Gasteiger partial charge in [0.15, 0.2) is 0 Å². The Morgan fingerprint density at radius 3 is 2.32 bits per heavy atom. The highest BCUT2D eigenvalue weighted by Crippen LogP contribution is 2.39. The number of hydrogen-bond acceptors (Lipinski definition) is 2. The molecule has 0 amide bonds. The second-order valence-electron chi connectivity index (χ2n) is 5.59. The number of hydrogen-bond donors (Lipinski definition) is 0. The fourth-order valence-electron chi connectivity index (χ4n) is 3.24. The molecule has 0 saturated carbocycles. The summed E-state index contributed by atoms with van der Waals surface area (Å²) in [4.78, 5) is 12.3. The monoisotopic (exact) mass is 280 g/mol. The lowest BCUT2D eigenvalue weighted by Gasteiger charge is -2.26. The van der Waals surface area contributed by atoms with E-state index in [2.05, 4.69) is 0 Å². The Hall–Kier alpha value is -1.03. The molecule has 102 valence electrons. The number of carbonyl (C=O) groups excluding carboxylic acids is 1. The first kappa shape index (κ1) is 13.0. The van der Waals surface area contributed by atoms with E-state index in [4.69, 9.17) is 0 Å². The summed E-state index contributed by atoms with van der Waals surface area (Å²) in [5.41, 5.74) is 0.866. The minimum absolute atomic E-state index is 0.0558. The van der Waals surface area contributed by atoms with Gasteiger partial charge in [0.05, 0.1) is 0 Å². The fourth-order valence-corrected chi connectivity index (χ4v) is 5.37. The molecule has 1 aromatic carbocycles. The third kappa shape index (κ3) is 2.64. The maximum absolute atomic E-state index is 12.8. The quantitative estimate of drug-likeness (QED) is 0.853. The number of benzene rings is 1. The molecule has 3 rings (SSSR count). The zero-order valence-corrected chi connectivity index (χ0v) is 11.5. The van der Waals surface area contributed by atoms with Gasteiger partial charge >= 0.3 is 0 Å². The van der Waals surface area contributed by atoms with Gasteiger partial charge in [0.1, 0.15) is 11.6 Å². The van der Waals surface area contributed by atoms with E-state index >= 15 is 0 Å². The second-order valence-corrected chi connectivity index (χ2v) is 7.58. The summed E-state index contributed by atoms with van der Waals surface area (Å²) < 4.78 is 24.7. The Labute approximate surface area is 114 Å². The van der Waals surface area contributed by atoms with Crippen molar-refractivity contribution in [2.75, 3.05) is 0 Å². The van der Waals surface area contributed by atoms with Gasteiger partial charge in [-0.2, -0.15) is 0 Å². The number of fused-ring (bicyclic) bond motifs is 2. The average Bonchev–Trinajstić information content (AvgIpc) is 2.64. The van der Waals surface area contributed by atoms with E-state index in [1.807, 2.05) is 0 Å². The van der Waals surface area contributed by atoms with Crippen LogP contribution < -0.4 is 0 Å². The lowest BCUT2D eigenvalue weighted by Crippen LogP contribution is -2.32. The molecule has 0 radical (unpaired) electrons. The highest BCUT2D eigenvalue weighted by Gasteiger charge is 2.42. The molecule has 4 heteroatoms. The van der Waals surface area contributed by atoms with Crippen molar-refractivity contribution in [3.05, 3.63) is 35.6 Å². The summed E-state index contributed by atoms with van der Waals surface area (Å²) in [6.07, 6.45) is 3.96. The van der Waals surface area contributed by atoms with E-state index in [0.717, 1.165) is 31.2 Å². The Morgan fingerprint density at radius 1 is 1.16 bits per heavy atom. The van der Waals surface area contributed by atoms with Gasteiger partial charge in [-0.05, 0) is 43.4 Å². The summed E-state index contributed by atoms with van der Waals surface area (Å²) in [5, 5.41) is 0.474. The van der Waals surface area contributed by atoms with Crippen molar-refractivity contribution in [2.24, 2.45) is 5.92 Å². The van der Waals surface area contributed by atoms with Crippen molar-refractivity contribution in [2.45, 2.75) is 42.6 Å². The average molecular weight is 280 g/mol. The smallest absolute Gasteiger partial charge is 0.140 e. The molecule has 2 fully saturated rings. The maximum Gasteiger partial charge on any atom is 0.140 e. The summed E-state index contributed by atoms with van der Waals surface area (Å²) in [7, 11) is -0.707. The van der Waals surface area contributed by atoms with Crippen LogP contribution in [-0.4, -0.2) is 20.5 Å². The topological polar surface area (TPSA) is 34.1 Å². The predicted octanol–water partition coefficient (Wildman–Crippen LogP) is 2.63. The van der Waals surface area contributed by atoms with Gasteiger partial charge in [-0.3, -0.25) is 9.00 Å². The molecule has 2 nitrogen and oxygen atoms in total. The molecule has 2 saturated heterocycles. The molecule has 2 unspecified atom stereocenters. The van der Waals surface area contributed by atoms with Crippen molar-refractivity contribution in [3.63, 3.8) is 0 Å². The number of ketones is 1.